The molecule has 2 heterocycles. The smallest absolute Gasteiger partial charge is 0.290 e. The molecule has 1 aliphatic heterocycles. The molecule has 3 aromatic rings. The molecule has 4 rings (SSSR count). The van der Waals surface area contributed by atoms with E-state index in [1.165, 1.54) is 6.26 Å². The van der Waals surface area contributed by atoms with E-state index in [-0.39, 0.29) is 18.7 Å². The van der Waals surface area contributed by atoms with Crippen LogP contribution in [0.25, 0.3) is 0 Å². The van der Waals surface area contributed by atoms with Crippen LogP contribution in [0, 0.1) is 0 Å². The van der Waals surface area contributed by atoms with Crippen LogP contribution in [-0.4, -0.2) is 17.6 Å². The Kier molecular flexibility index (Phi) is 4.35. The number of para-hydroxylation sites is 1. The number of carbonyl (C=O) groups is 1. The molecule has 0 radical (unpaired) electrons. The van der Waals surface area contributed by atoms with E-state index in [0.29, 0.717) is 23.8 Å². The van der Waals surface area contributed by atoms with Gasteiger partial charge in [-0.25, -0.2) is 0 Å². The summed E-state index contributed by atoms with van der Waals surface area (Å²) in [5.41, 5.74) is 1.96. The molecule has 5 heteroatoms. The summed E-state index contributed by atoms with van der Waals surface area (Å²) >= 11 is 0. The van der Waals surface area contributed by atoms with Crippen LogP contribution in [0.15, 0.2) is 71.3 Å². The molecule has 0 fully saturated rings. The van der Waals surface area contributed by atoms with Crippen molar-refractivity contribution in [2.24, 2.45) is 0 Å². The lowest BCUT2D eigenvalue weighted by atomic mass is 10.0. The third-order valence-corrected chi connectivity index (χ3v) is 4.56. The normalized spacial score (nSPS) is 13.4. The number of ether oxygens (including phenoxy) is 2. The number of benzene rings is 2. The molecule has 132 valence electrons. The lowest BCUT2D eigenvalue weighted by molar-refractivity contribution is 0.0639. The van der Waals surface area contributed by atoms with Crippen LogP contribution in [0.3, 0.4) is 0 Å². The van der Waals surface area contributed by atoms with Gasteiger partial charge in [-0.3, -0.25) is 4.79 Å². The summed E-state index contributed by atoms with van der Waals surface area (Å²) in [6, 6.07) is 18.9. The highest BCUT2D eigenvalue weighted by Crippen LogP contribution is 2.37. The number of hydrogen-bond acceptors (Lipinski definition) is 4. The minimum absolute atomic E-state index is 0.132. The van der Waals surface area contributed by atoms with Crippen molar-refractivity contribution in [3.63, 3.8) is 0 Å². The summed E-state index contributed by atoms with van der Waals surface area (Å²) in [5.74, 6) is 1.56. The monoisotopic (exact) mass is 349 g/mol. The molecule has 0 saturated carbocycles. The Morgan fingerprint density at radius 3 is 2.65 bits per heavy atom. The van der Waals surface area contributed by atoms with Crippen molar-refractivity contribution in [2.75, 3.05) is 6.79 Å². The number of nitrogens with zero attached hydrogens (tertiary/aromatic N) is 1. The topological polar surface area (TPSA) is 51.9 Å². The Morgan fingerprint density at radius 1 is 1.04 bits per heavy atom. The number of amides is 1. The van der Waals surface area contributed by atoms with Crippen LogP contribution in [0.5, 0.6) is 11.5 Å². The zero-order chi connectivity index (χ0) is 17.9. The van der Waals surface area contributed by atoms with Gasteiger partial charge in [-0.15, -0.1) is 0 Å². The van der Waals surface area contributed by atoms with Crippen molar-refractivity contribution in [2.45, 2.75) is 19.5 Å². The fraction of sp³-hybridized carbons (Fsp3) is 0.190. The quantitative estimate of drug-likeness (QED) is 0.684. The standard InChI is InChI=1S/C21H19NO4/c1-15(16-7-3-2-4-8-16)22(21(23)19-11-6-12-24-19)13-17-9-5-10-18-20(17)26-14-25-18/h2-12,15H,13-14H2,1H3/t15-/m1/s1. The van der Waals surface area contributed by atoms with E-state index < -0.39 is 0 Å². The van der Waals surface area contributed by atoms with Crippen molar-refractivity contribution in [1.82, 2.24) is 4.90 Å². The summed E-state index contributed by atoms with van der Waals surface area (Å²) in [5, 5.41) is 0. The maximum atomic E-state index is 13.1. The zero-order valence-corrected chi connectivity index (χ0v) is 14.4. The summed E-state index contributed by atoms with van der Waals surface area (Å²) in [6.45, 7) is 2.60. The Balaban J connectivity index is 1.69. The summed E-state index contributed by atoms with van der Waals surface area (Å²) in [7, 11) is 0. The second-order valence-electron chi connectivity index (χ2n) is 6.15. The van der Waals surface area contributed by atoms with Gasteiger partial charge in [-0.05, 0) is 30.7 Å². The molecule has 1 atom stereocenters. The molecule has 0 saturated heterocycles. The van der Waals surface area contributed by atoms with Gasteiger partial charge in [0.1, 0.15) is 0 Å². The fourth-order valence-electron chi connectivity index (χ4n) is 3.14. The molecule has 2 aromatic carbocycles. The molecule has 1 aromatic heterocycles. The molecule has 0 bridgehead atoms. The van der Waals surface area contributed by atoms with Crippen LogP contribution in [-0.2, 0) is 6.54 Å². The number of carbonyl (C=O) groups excluding carboxylic acids is 1. The molecule has 0 aliphatic carbocycles. The van der Waals surface area contributed by atoms with E-state index in [9.17, 15) is 4.79 Å². The van der Waals surface area contributed by atoms with E-state index >= 15 is 0 Å². The van der Waals surface area contributed by atoms with Crippen LogP contribution in [0.1, 0.15) is 34.6 Å². The van der Waals surface area contributed by atoms with Crippen molar-refractivity contribution in [1.29, 1.82) is 0 Å². The van der Waals surface area contributed by atoms with Crippen molar-refractivity contribution in [3.05, 3.63) is 83.8 Å². The highest BCUT2D eigenvalue weighted by Gasteiger charge is 2.27. The molecule has 0 spiro atoms. The fourth-order valence-corrected chi connectivity index (χ4v) is 3.14. The summed E-state index contributed by atoms with van der Waals surface area (Å²) in [6.07, 6.45) is 1.51. The van der Waals surface area contributed by atoms with Crippen molar-refractivity contribution < 1.29 is 18.7 Å². The minimum atomic E-state index is -0.164. The van der Waals surface area contributed by atoms with E-state index in [1.54, 1.807) is 17.0 Å². The van der Waals surface area contributed by atoms with Crippen LogP contribution in [0.4, 0.5) is 0 Å². The largest absolute Gasteiger partial charge is 0.459 e. The number of furan rings is 1. The van der Waals surface area contributed by atoms with Gasteiger partial charge in [0.05, 0.1) is 18.8 Å². The molecular weight excluding hydrogens is 330 g/mol. The van der Waals surface area contributed by atoms with Gasteiger partial charge in [-0.1, -0.05) is 42.5 Å². The first-order valence-electron chi connectivity index (χ1n) is 8.51. The molecule has 26 heavy (non-hydrogen) atoms. The van der Waals surface area contributed by atoms with Gasteiger partial charge in [0.2, 0.25) is 6.79 Å². The average molecular weight is 349 g/mol. The molecule has 0 N–H and O–H groups in total. The Morgan fingerprint density at radius 2 is 1.88 bits per heavy atom. The number of rotatable bonds is 5. The maximum Gasteiger partial charge on any atom is 0.290 e. The number of hydrogen-bond donors (Lipinski definition) is 0. The van der Waals surface area contributed by atoms with E-state index in [0.717, 1.165) is 11.1 Å². The second kappa shape index (κ2) is 6.96. The van der Waals surface area contributed by atoms with Gasteiger partial charge in [0.15, 0.2) is 17.3 Å². The summed E-state index contributed by atoms with van der Waals surface area (Å²) < 4.78 is 16.4. The molecular formula is C21H19NO4. The van der Waals surface area contributed by atoms with Gasteiger partial charge in [-0.2, -0.15) is 0 Å². The van der Waals surface area contributed by atoms with Crippen LogP contribution in [0.2, 0.25) is 0 Å². The lowest BCUT2D eigenvalue weighted by Gasteiger charge is -2.29. The van der Waals surface area contributed by atoms with Gasteiger partial charge < -0.3 is 18.8 Å². The van der Waals surface area contributed by atoms with Gasteiger partial charge >= 0.3 is 0 Å². The first-order chi connectivity index (χ1) is 12.7. The minimum Gasteiger partial charge on any atom is -0.459 e. The number of fused-ring (bicyclic) bond motifs is 1. The van der Waals surface area contributed by atoms with Crippen molar-refractivity contribution in [3.8, 4) is 11.5 Å². The molecule has 1 aliphatic rings. The van der Waals surface area contributed by atoms with E-state index in [2.05, 4.69) is 0 Å². The first-order valence-corrected chi connectivity index (χ1v) is 8.51. The summed E-state index contributed by atoms with van der Waals surface area (Å²) in [4.78, 5) is 14.9. The maximum absolute atomic E-state index is 13.1. The van der Waals surface area contributed by atoms with Crippen molar-refractivity contribution >= 4 is 5.91 Å². The molecule has 0 unspecified atom stereocenters. The molecule has 1 amide bonds. The second-order valence-corrected chi connectivity index (χ2v) is 6.15. The SMILES string of the molecule is C[C@H](c1ccccc1)N(Cc1cccc2c1OCO2)C(=O)c1ccco1. The first kappa shape index (κ1) is 16.3. The van der Waals surface area contributed by atoms with Crippen LogP contribution < -0.4 is 9.47 Å². The lowest BCUT2D eigenvalue weighted by Crippen LogP contribution is -2.33. The van der Waals surface area contributed by atoms with E-state index in [4.69, 9.17) is 13.9 Å². The third kappa shape index (κ3) is 3.04. The highest BCUT2D eigenvalue weighted by molar-refractivity contribution is 5.91. The zero-order valence-electron chi connectivity index (χ0n) is 14.4. The Labute approximate surface area is 151 Å². The highest BCUT2D eigenvalue weighted by atomic mass is 16.7. The predicted octanol–water partition coefficient (Wildman–Crippen LogP) is 4.41. The van der Waals surface area contributed by atoms with Gasteiger partial charge in [0.25, 0.3) is 5.91 Å². The van der Waals surface area contributed by atoms with Crippen LogP contribution >= 0.6 is 0 Å². The third-order valence-electron chi connectivity index (χ3n) is 4.56. The average Bonchev–Trinajstić information content (AvgIpc) is 3.37. The molecule has 5 nitrogen and oxygen atoms in total. The Hall–Kier alpha value is -3.21. The Bertz CT molecular complexity index is 890. The predicted molar refractivity (Wildman–Crippen MR) is 96.0 cm³/mol. The van der Waals surface area contributed by atoms with E-state index in [1.807, 2.05) is 55.5 Å². The van der Waals surface area contributed by atoms with Gasteiger partial charge in [0, 0.05) is 5.56 Å².